The molecule has 0 spiro atoms. The molecule has 112 valence electrons. The number of hydrogen-bond donors (Lipinski definition) is 2. The molecule has 1 aliphatic heterocycles. The maximum Gasteiger partial charge on any atom is 0.227 e. The summed E-state index contributed by atoms with van der Waals surface area (Å²) >= 11 is 1.73. The van der Waals surface area contributed by atoms with Crippen LogP contribution >= 0.6 is 11.3 Å². The molecule has 3 unspecified atom stereocenters. The van der Waals surface area contributed by atoms with Crippen molar-refractivity contribution in [1.82, 2.24) is 10.6 Å². The van der Waals surface area contributed by atoms with Crippen molar-refractivity contribution in [2.75, 3.05) is 19.8 Å². The number of hydrogen-bond acceptors (Lipinski definition) is 4. The van der Waals surface area contributed by atoms with Gasteiger partial charge in [0.15, 0.2) is 0 Å². The lowest BCUT2D eigenvalue weighted by Crippen LogP contribution is -2.46. The summed E-state index contributed by atoms with van der Waals surface area (Å²) in [4.78, 5) is 13.6. The average molecular weight is 296 g/mol. The van der Waals surface area contributed by atoms with Crippen LogP contribution in [0.3, 0.4) is 0 Å². The maximum absolute atomic E-state index is 12.3. The smallest absolute Gasteiger partial charge is 0.227 e. The van der Waals surface area contributed by atoms with Crippen LogP contribution in [0.25, 0.3) is 0 Å². The normalized spacial score (nSPS) is 23.7. The lowest BCUT2D eigenvalue weighted by atomic mass is 10.0. The molecule has 1 saturated heterocycles. The third kappa shape index (κ3) is 4.30. The quantitative estimate of drug-likeness (QED) is 0.807. The summed E-state index contributed by atoms with van der Waals surface area (Å²) in [5.41, 5.74) is 0. The molecule has 2 N–H and O–H groups in total. The van der Waals surface area contributed by atoms with Gasteiger partial charge in [-0.3, -0.25) is 4.79 Å². The highest BCUT2D eigenvalue weighted by Crippen LogP contribution is 2.15. The summed E-state index contributed by atoms with van der Waals surface area (Å²) in [6, 6.07) is 4.47. The molecule has 2 heterocycles. The number of carbonyl (C=O) groups excluding carboxylic acids is 1. The fourth-order valence-corrected chi connectivity index (χ4v) is 3.31. The van der Waals surface area contributed by atoms with Gasteiger partial charge in [0.25, 0.3) is 0 Å². The molecular weight excluding hydrogens is 272 g/mol. The topological polar surface area (TPSA) is 50.4 Å². The summed E-state index contributed by atoms with van der Waals surface area (Å²) in [7, 11) is 0. The van der Waals surface area contributed by atoms with E-state index in [-0.39, 0.29) is 23.9 Å². The zero-order valence-electron chi connectivity index (χ0n) is 12.2. The highest BCUT2D eigenvalue weighted by Gasteiger charge is 2.33. The van der Waals surface area contributed by atoms with E-state index >= 15 is 0 Å². The SMILES string of the molecule is CCCNC1COCC1C(=O)NC(C)Cc1cccs1. The zero-order chi connectivity index (χ0) is 14.4. The number of nitrogens with one attached hydrogen (secondary N) is 2. The van der Waals surface area contributed by atoms with Crippen molar-refractivity contribution in [1.29, 1.82) is 0 Å². The fraction of sp³-hybridized carbons (Fsp3) is 0.667. The minimum Gasteiger partial charge on any atom is -0.379 e. The van der Waals surface area contributed by atoms with Crippen LogP contribution in [0.2, 0.25) is 0 Å². The van der Waals surface area contributed by atoms with Crippen LogP contribution in [0, 0.1) is 5.92 Å². The van der Waals surface area contributed by atoms with Crippen molar-refractivity contribution < 1.29 is 9.53 Å². The fourth-order valence-electron chi connectivity index (χ4n) is 2.48. The van der Waals surface area contributed by atoms with Crippen LogP contribution in [0.15, 0.2) is 17.5 Å². The van der Waals surface area contributed by atoms with E-state index in [0.29, 0.717) is 13.2 Å². The lowest BCUT2D eigenvalue weighted by molar-refractivity contribution is -0.126. The Morgan fingerprint density at radius 1 is 1.55 bits per heavy atom. The molecule has 3 atom stereocenters. The molecule has 5 heteroatoms. The van der Waals surface area contributed by atoms with Gasteiger partial charge in [0, 0.05) is 23.4 Å². The van der Waals surface area contributed by atoms with Crippen molar-refractivity contribution >= 4 is 17.2 Å². The molecule has 1 aromatic heterocycles. The Kier molecular flexibility index (Phi) is 6.01. The van der Waals surface area contributed by atoms with Gasteiger partial charge in [0.1, 0.15) is 0 Å². The van der Waals surface area contributed by atoms with Crippen LogP contribution in [0.4, 0.5) is 0 Å². The van der Waals surface area contributed by atoms with Crippen LogP contribution < -0.4 is 10.6 Å². The van der Waals surface area contributed by atoms with Gasteiger partial charge in [-0.15, -0.1) is 11.3 Å². The number of ether oxygens (including phenoxy) is 1. The van der Waals surface area contributed by atoms with Gasteiger partial charge < -0.3 is 15.4 Å². The van der Waals surface area contributed by atoms with E-state index in [9.17, 15) is 4.79 Å². The van der Waals surface area contributed by atoms with Crippen LogP contribution in [-0.2, 0) is 16.0 Å². The molecule has 0 saturated carbocycles. The molecular formula is C15H24N2O2S. The second kappa shape index (κ2) is 7.76. The molecule has 0 bridgehead atoms. The Hall–Kier alpha value is -0.910. The summed E-state index contributed by atoms with van der Waals surface area (Å²) < 4.78 is 5.45. The molecule has 2 rings (SSSR count). The summed E-state index contributed by atoms with van der Waals surface area (Å²) in [6.45, 7) is 6.28. The van der Waals surface area contributed by atoms with Crippen molar-refractivity contribution in [2.24, 2.45) is 5.92 Å². The first-order valence-corrected chi connectivity index (χ1v) is 8.22. The van der Waals surface area contributed by atoms with Gasteiger partial charge in [-0.1, -0.05) is 13.0 Å². The Labute approximate surface area is 124 Å². The van der Waals surface area contributed by atoms with Crippen LogP contribution in [-0.4, -0.2) is 37.7 Å². The van der Waals surface area contributed by atoms with Crippen molar-refractivity contribution in [2.45, 2.75) is 38.8 Å². The maximum atomic E-state index is 12.3. The summed E-state index contributed by atoms with van der Waals surface area (Å²) in [6.07, 6.45) is 1.96. The molecule has 1 aromatic rings. The number of carbonyl (C=O) groups is 1. The third-order valence-electron chi connectivity index (χ3n) is 3.55. The first-order chi connectivity index (χ1) is 9.70. The van der Waals surface area contributed by atoms with Gasteiger partial charge in [-0.05, 0) is 31.3 Å². The van der Waals surface area contributed by atoms with Gasteiger partial charge in [-0.25, -0.2) is 0 Å². The minimum atomic E-state index is -0.0627. The first kappa shape index (κ1) is 15.5. The molecule has 0 aromatic carbocycles. The second-order valence-electron chi connectivity index (χ2n) is 5.40. The molecule has 0 aliphatic carbocycles. The molecule has 1 fully saturated rings. The van der Waals surface area contributed by atoms with Crippen molar-refractivity contribution in [3.63, 3.8) is 0 Å². The largest absolute Gasteiger partial charge is 0.379 e. The van der Waals surface area contributed by atoms with Gasteiger partial charge >= 0.3 is 0 Å². The Bertz CT molecular complexity index is 408. The monoisotopic (exact) mass is 296 g/mol. The number of rotatable bonds is 7. The summed E-state index contributed by atoms with van der Waals surface area (Å²) in [5.74, 6) is 0.0486. The second-order valence-corrected chi connectivity index (χ2v) is 6.43. The average Bonchev–Trinajstić information content (AvgIpc) is 3.06. The van der Waals surface area contributed by atoms with E-state index in [2.05, 4.69) is 35.9 Å². The predicted octanol–water partition coefficient (Wildman–Crippen LogP) is 1.81. The molecule has 1 aliphatic rings. The van der Waals surface area contributed by atoms with E-state index in [1.165, 1.54) is 4.88 Å². The Morgan fingerprint density at radius 2 is 2.40 bits per heavy atom. The van der Waals surface area contributed by atoms with Crippen LogP contribution in [0.5, 0.6) is 0 Å². The van der Waals surface area contributed by atoms with E-state index in [4.69, 9.17) is 4.74 Å². The van der Waals surface area contributed by atoms with E-state index in [1.54, 1.807) is 11.3 Å². The molecule has 20 heavy (non-hydrogen) atoms. The summed E-state index contributed by atoms with van der Waals surface area (Å²) in [5, 5.41) is 8.58. The first-order valence-electron chi connectivity index (χ1n) is 7.34. The number of amides is 1. The minimum absolute atomic E-state index is 0.0627. The Balaban J connectivity index is 1.80. The highest BCUT2D eigenvalue weighted by atomic mass is 32.1. The number of thiophene rings is 1. The van der Waals surface area contributed by atoms with Crippen LogP contribution in [0.1, 0.15) is 25.1 Å². The third-order valence-corrected chi connectivity index (χ3v) is 4.45. The van der Waals surface area contributed by atoms with Gasteiger partial charge in [0.05, 0.1) is 19.1 Å². The van der Waals surface area contributed by atoms with E-state index < -0.39 is 0 Å². The predicted molar refractivity (Wildman–Crippen MR) is 82.0 cm³/mol. The Morgan fingerprint density at radius 3 is 3.10 bits per heavy atom. The molecule has 1 amide bonds. The molecule has 0 radical (unpaired) electrons. The van der Waals surface area contributed by atoms with Crippen molar-refractivity contribution in [3.05, 3.63) is 22.4 Å². The van der Waals surface area contributed by atoms with Gasteiger partial charge in [0.2, 0.25) is 5.91 Å². The standard InChI is InChI=1S/C15H24N2O2S/c1-3-6-16-14-10-19-9-13(14)15(18)17-11(2)8-12-5-4-7-20-12/h4-5,7,11,13-14,16H,3,6,8-10H2,1-2H3,(H,17,18). The van der Waals surface area contributed by atoms with Crippen molar-refractivity contribution in [3.8, 4) is 0 Å². The van der Waals surface area contributed by atoms with E-state index in [0.717, 1.165) is 19.4 Å². The highest BCUT2D eigenvalue weighted by molar-refractivity contribution is 7.09. The molecule has 4 nitrogen and oxygen atoms in total. The zero-order valence-corrected chi connectivity index (χ0v) is 13.0. The van der Waals surface area contributed by atoms with Gasteiger partial charge in [-0.2, -0.15) is 0 Å². The lowest BCUT2D eigenvalue weighted by Gasteiger charge is -2.21. The van der Waals surface area contributed by atoms with E-state index in [1.807, 2.05) is 6.07 Å².